The van der Waals surface area contributed by atoms with Crippen LogP contribution in [-0.4, -0.2) is 15.9 Å². The first-order valence-corrected chi connectivity index (χ1v) is 4.88. The number of aryl methyl sites for hydroxylation is 1. The second kappa shape index (κ2) is 3.82. The molecular weight excluding hydrogens is 194 g/mol. The van der Waals surface area contributed by atoms with E-state index in [0.29, 0.717) is 5.69 Å². The minimum Gasteiger partial charge on any atom is -0.368 e. The molecule has 1 aliphatic carbocycles. The maximum absolute atomic E-state index is 11.5. The number of nitrogens with one attached hydrogen (secondary N) is 1. The number of nitrogen functional groups attached to an aromatic ring is 2. The number of carbonyl (C=O) groups excluding carboxylic acids is 1. The number of fused-ring (bicyclic) bond motifs is 1. The lowest BCUT2D eigenvalue weighted by Crippen LogP contribution is -2.32. The van der Waals surface area contributed by atoms with Crippen molar-refractivity contribution in [3.05, 3.63) is 17.0 Å². The fraction of sp³-hybridized carbons (Fsp3) is 0.444. The third-order valence-electron chi connectivity index (χ3n) is 2.55. The van der Waals surface area contributed by atoms with Crippen molar-refractivity contribution < 1.29 is 4.79 Å². The Bertz CT molecular complexity index is 404. The van der Waals surface area contributed by atoms with E-state index >= 15 is 0 Å². The van der Waals surface area contributed by atoms with Crippen molar-refractivity contribution in [3.63, 3.8) is 0 Å². The van der Waals surface area contributed by atoms with E-state index in [9.17, 15) is 4.79 Å². The molecule has 1 heterocycles. The average Bonchev–Trinajstić information content (AvgIpc) is 2.26. The van der Waals surface area contributed by atoms with Crippen molar-refractivity contribution >= 4 is 11.9 Å². The van der Waals surface area contributed by atoms with Crippen LogP contribution in [-0.2, 0) is 12.8 Å². The van der Waals surface area contributed by atoms with Gasteiger partial charge in [0.25, 0.3) is 5.91 Å². The molecule has 1 aromatic rings. The number of aromatic nitrogens is 2. The third-order valence-corrected chi connectivity index (χ3v) is 2.55. The van der Waals surface area contributed by atoms with Crippen LogP contribution in [0.1, 0.15) is 34.6 Å². The highest BCUT2D eigenvalue weighted by Gasteiger charge is 2.20. The Morgan fingerprint density at radius 3 is 2.73 bits per heavy atom. The molecule has 0 bridgehead atoms. The summed E-state index contributed by atoms with van der Waals surface area (Å²) in [5.41, 5.74) is 9.69. The van der Waals surface area contributed by atoms with E-state index in [1.807, 2.05) is 0 Å². The van der Waals surface area contributed by atoms with E-state index in [4.69, 9.17) is 11.6 Å². The largest absolute Gasteiger partial charge is 0.368 e. The van der Waals surface area contributed by atoms with Gasteiger partial charge in [0.1, 0.15) is 5.69 Å². The van der Waals surface area contributed by atoms with E-state index in [2.05, 4.69) is 15.4 Å². The second-order valence-electron chi connectivity index (χ2n) is 3.54. The molecule has 6 nitrogen and oxygen atoms in total. The summed E-state index contributed by atoms with van der Waals surface area (Å²) in [5, 5.41) is 0. The van der Waals surface area contributed by atoms with Gasteiger partial charge in [-0.25, -0.2) is 15.8 Å². The van der Waals surface area contributed by atoms with Crippen LogP contribution in [0.5, 0.6) is 0 Å². The van der Waals surface area contributed by atoms with Crippen molar-refractivity contribution in [1.82, 2.24) is 15.4 Å². The van der Waals surface area contributed by atoms with Gasteiger partial charge in [0.15, 0.2) is 0 Å². The van der Waals surface area contributed by atoms with Crippen LogP contribution in [0.25, 0.3) is 0 Å². The van der Waals surface area contributed by atoms with E-state index in [-0.39, 0.29) is 5.95 Å². The monoisotopic (exact) mass is 207 g/mol. The lowest BCUT2D eigenvalue weighted by Gasteiger charge is -2.17. The number of nitrogens with zero attached hydrogens (tertiary/aromatic N) is 2. The zero-order valence-corrected chi connectivity index (χ0v) is 8.29. The van der Waals surface area contributed by atoms with Crippen molar-refractivity contribution in [3.8, 4) is 0 Å². The quantitative estimate of drug-likeness (QED) is 0.328. The molecular formula is C9H13N5O. The van der Waals surface area contributed by atoms with Gasteiger partial charge in [0, 0.05) is 11.3 Å². The summed E-state index contributed by atoms with van der Waals surface area (Å²) >= 11 is 0. The number of hydrazine groups is 1. The van der Waals surface area contributed by atoms with Crippen molar-refractivity contribution in [2.45, 2.75) is 25.7 Å². The van der Waals surface area contributed by atoms with Crippen LogP contribution in [0.4, 0.5) is 5.95 Å². The van der Waals surface area contributed by atoms with E-state index in [1.54, 1.807) is 0 Å². The first kappa shape index (κ1) is 9.85. The molecule has 1 amide bonds. The minimum absolute atomic E-state index is 0.134. The van der Waals surface area contributed by atoms with Crippen molar-refractivity contribution in [2.75, 3.05) is 5.73 Å². The SMILES string of the molecule is NNC(=O)c1nc(N)nc2c1CCCC2. The van der Waals surface area contributed by atoms with Gasteiger partial charge in [-0.1, -0.05) is 0 Å². The summed E-state index contributed by atoms with van der Waals surface area (Å²) in [6, 6.07) is 0. The number of hydrogen-bond acceptors (Lipinski definition) is 5. The summed E-state index contributed by atoms with van der Waals surface area (Å²) < 4.78 is 0. The molecule has 0 radical (unpaired) electrons. The lowest BCUT2D eigenvalue weighted by atomic mass is 9.94. The Kier molecular flexibility index (Phi) is 2.51. The first-order valence-electron chi connectivity index (χ1n) is 4.88. The number of anilines is 1. The number of amides is 1. The molecule has 2 rings (SSSR count). The summed E-state index contributed by atoms with van der Waals surface area (Å²) in [6.45, 7) is 0. The predicted octanol–water partition coefficient (Wildman–Crippen LogP) is -0.459. The molecule has 0 spiro atoms. The number of carbonyl (C=O) groups is 1. The maximum atomic E-state index is 11.5. The van der Waals surface area contributed by atoms with Crippen molar-refractivity contribution in [1.29, 1.82) is 0 Å². The molecule has 0 aromatic carbocycles. The molecule has 0 saturated heterocycles. The van der Waals surface area contributed by atoms with Gasteiger partial charge in [0.05, 0.1) is 0 Å². The predicted molar refractivity (Wildman–Crippen MR) is 54.7 cm³/mol. The molecule has 6 heteroatoms. The van der Waals surface area contributed by atoms with Crippen LogP contribution >= 0.6 is 0 Å². The molecule has 1 aliphatic rings. The van der Waals surface area contributed by atoms with Crippen molar-refractivity contribution in [2.24, 2.45) is 5.84 Å². The first-order chi connectivity index (χ1) is 7.22. The summed E-state index contributed by atoms with van der Waals surface area (Å²) in [7, 11) is 0. The van der Waals surface area contributed by atoms with E-state index < -0.39 is 5.91 Å². The Morgan fingerprint density at radius 1 is 1.27 bits per heavy atom. The van der Waals surface area contributed by atoms with Gasteiger partial charge >= 0.3 is 0 Å². The number of hydrogen-bond donors (Lipinski definition) is 3. The summed E-state index contributed by atoms with van der Waals surface area (Å²) in [4.78, 5) is 19.5. The Hall–Kier alpha value is -1.69. The van der Waals surface area contributed by atoms with E-state index in [0.717, 1.165) is 36.9 Å². The molecule has 0 aliphatic heterocycles. The smallest absolute Gasteiger partial charge is 0.284 e. The fourth-order valence-electron chi connectivity index (χ4n) is 1.87. The highest BCUT2D eigenvalue weighted by Crippen LogP contribution is 2.22. The van der Waals surface area contributed by atoms with E-state index in [1.165, 1.54) is 0 Å². The highest BCUT2D eigenvalue weighted by atomic mass is 16.2. The Labute approximate surface area is 87.1 Å². The van der Waals surface area contributed by atoms with Gasteiger partial charge in [-0.3, -0.25) is 10.2 Å². The average molecular weight is 207 g/mol. The highest BCUT2D eigenvalue weighted by molar-refractivity contribution is 5.93. The van der Waals surface area contributed by atoms with Crippen LogP contribution in [0.15, 0.2) is 0 Å². The Morgan fingerprint density at radius 2 is 2.00 bits per heavy atom. The van der Waals surface area contributed by atoms with Crippen LogP contribution in [0, 0.1) is 0 Å². The van der Waals surface area contributed by atoms with Crippen LogP contribution in [0.3, 0.4) is 0 Å². The van der Waals surface area contributed by atoms with Crippen LogP contribution < -0.4 is 17.0 Å². The Balaban J connectivity index is 2.52. The fourth-order valence-corrected chi connectivity index (χ4v) is 1.87. The molecule has 0 fully saturated rings. The zero-order chi connectivity index (χ0) is 10.8. The lowest BCUT2D eigenvalue weighted by molar-refractivity contribution is 0.0947. The van der Waals surface area contributed by atoms with Gasteiger partial charge < -0.3 is 5.73 Å². The molecule has 15 heavy (non-hydrogen) atoms. The molecule has 0 unspecified atom stereocenters. The van der Waals surface area contributed by atoms with Gasteiger partial charge in [0.2, 0.25) is 5.95 Å². The number of rotatable bonds is 1. The zero-order valence-electron chi connectivity index (χ0n) is 8.29. The molecule has 5 N–H and O–H groups in total. The maximum Gasteiger partial charge on any atom is 0.284 e. The number of nitrogens with two attached hydrogens (primary N) is 2. The normalized spacial score (nSPS) is 14.5. The summed E-state index contributed by atoms with van der Waals surface area (Å²) in [6.07, 6.45) is 3.80. The second-order valence-corrected chi connectivity index (χ2v) is 3.54. The molecule has 80 valence electrons. The van der Waals surface area contributed by atoms with Crippen LogP contribution in [0.2, 0.25) is 0 Å². The van der Waals surface area contributed by atoms with Gasteiger partial charge in [-0.05, 0) is 25.7 Å². The standard InChI is InChI=1S/C9H13N5O/c10-9-12-6-4-2-1-3-5(6)7(13-9)8(15)14-11/h1-4,11H2,(H,14,15)(H2,10,12,13). The van der Waals surface area contributed by atoms with Gasteiger partial charge in [-0.2, -0.15) is 0 Å². The molecule has 1 aromatic heterocycles. The summed E-state index contributed by atoms with van der Waals surface area (Å²) in [5.74, 6) is 4.82. The molecule has 0 saturated carbocycles. The van der Waals surface area contributed by atoms with Gasteiger partial charge in [-0.15, -0.1) is 0 Å². The molecule has 0 atom stereocenters. The minimum atomic E-state index is -0.401. The topological polar surface area (TPSA) is 107 Å². The third kappa shape index (κ3) is 1.75.